The highest BCUT2D eigenvalue weighted by molar-refractivity contribution is 5.76. The molecule has 4 nitrogen and oxygen atoms in total. The van der Waals surface area contributed by atoms with Gasteiger partial charge in [0.15, 0.2) is 5.60 Å². The minimum absolute atomic E-state index is 0.317. The van der Waals surface area contributed by atoms with Gasteiger partial charge in [0.2, 0.25) is 0 Å². The van der Waals surface area contributed by atoms with Gasteiger partial charge in [0.25, 0.3) is 0 Å². The number of aliphatic carboxylic acids is 1. The van der Waals surface area contributed by atoms with E-state index in [4.69, 9.17) is 14.6 Å². The standard InChI is InChI=1S/C11H22O4/c1-9(2)5-6-11(3,10(12)13)15-8-7-14-4/h9H,5-8H2,1-4H3,(H,12,13). The second-order valence-corrected chi connectivity index (χ2v) is 4.31. The zero-order chi connectivity index (χ0) is 11.9. The Labute approximate surface area is 91.6 Å². The van der Waals surface area contributed by atoms with Crippen LogP contribution in [0.5, 0.6) is 0 Å². The summed E-state index contributed by atoms with van der Waals surface area (Å²) in [5, 5.41) is 9.08. The SMILES string of the molecule is COCCOC(C)(CCC(C)C)C(=O)O. The molecule has 0 heterocycles. The van der Waals surface area contributed by atoms with Gasteiger partial charge >= 0.3 is 5.97 Å². The van der Waals surface area contributed by atoms with Crippen molar-refractivity contribution in [3.8, 4) is 0 Å². The second-order valence-electron chi connectivity index (χ2n) is 4.31. The normalized spacial score (nSPS) is 15.3. The van der Waals surface area contributed by atoms with Crippen LogP contribution in [0.15, 0.2) is 0 Å². The van der Waals surface area contributed by atoms with Gasteiger partial charge in [-0.1, -0.05) is 13.8 Å². The van der Waals surface area contributed by atoms with E-state index in [1.165, 1.54) is 0 Å². The van der Waals surface area contributed by atoms with Crippen molar-refractivity contribution in [1.82, 2.24) is 0 Å². The summed E-state index contributed by atoms with van der Waals surface area (Å²) >= 11 is 0. The highest BCUT2D eigenvalue weighted by Gasteiger charge is 2.33. The topological polar surface area (TPSA) is 55.8 Å². The van der Waals surface area contributed by atoms with Crippen LogP contribution < -0.4 is 0 Å². The van der Waals surface area contributed by atoms with Gasteiger partial charge in [-0.25, -0.2) is 4.79 Å². The minimum Gasteiger partial charge on any atom is -0.479 e. The van der Waals surface area contributed by atoms with Crippen LogP contribution in [0.3, 0.4) is 0 Å². The molecule has 1 unspecified atom stereocenters. The molecule has 0 aromatic carbocycles. The number of rotatable bonds is 8. The number of hydrogen-bond donors (Lipinski definition) is 1. The first-order valence-corrected chi connectivity index (χ1v) is 5.28. The molecule has 15 heavy (non-hydrogen) atoms. The Hall–Kier alpha value is -0.610. The van der Waals surface area contributed by atoms with Crippen LogP contribution in [0.4, 0.5) is 0 Å². The maximum absolute atomic E-state index is 11.1. The fourth-order valence-corrected chi connectivity index (χ4v) is 1.16. The number of hydrogen-bond acceptors (Lipinski definition) is 3. The molecule has 0 aromatic rings. The molecule has 0 radical (unpaired) electrons. The maximum Gasteiger partial charge on any atom is 0.335 e. The number of carboxylic acids is 1. The van der Waals surface area contributed by atoms with E-state index < -0.39 is 11.6 Å². The lowest BCUT2D eigenvalue weighted by Gasteiger charge is -2.26. The van der Waals surface area contributed by atoms with Gasteiger partial charge < -0.3 is 14.6 Å². The monoisotopic (exact) mass is 218 g/mol. The summed E-state index contributed by atoms with van der Waals surface area (Å²) in [5.41, 5.74) is -1.08. The number of carbonyl (C=O) groups is 1. The first-order valence-electron chi connectivity index (χ1n) is 5.28. The van der Waals surface area contributed by atoms with Crippen LogP contribution in [-0.2, 0) is 14.3 Å². The lowest BCUT2D eigenvalue weighted by Crippen LogP contribution is -2.39. The molecule has 0 saturated carbocycles. The number of ether oxygens (including phenoxy) is 2. The summed E-state index contributed by atoms with van der Waals surface area (Å²) in [4.78, 5) is 11.1. The van der Waals surface area contributed by atoms with Crippen LogP contribution in [0.1, 0.15) is 33.6 Å². The van der Waals surface area contributed by atoms with E-state index in [1.54, 1.807) is 14.0 Å². The van der Waals surface area contributed by atoms with Crippen LogP contribution in [-0.4, -0.2) is 37.0 Å². The van der Waals surface area contributed by atoms with Crippen molar-refractivity contribution < 1.29 is 19.4 Å². The van der Waals surface area contributed by atoms with E-state index in [2.05, 4.69) is 13.8 Å². The minimum atomic E-state index is -1.08. The molecule has 0 fully saturated rings. The molecule has 0 amide bonds. The summed E-state index contributed by atoms with van der Waals surface area (Å²) in [7, 11) is 1.57. The molecule has 0 aliphatic heterocycles. The average Bonchev–Trinajstić information content (AvgIpc) is 2.15. The summed E-state index contributed by atoms with van der Waals surface area (Å²) in [6, 6.07) is 0. The van der Waals surface area contributed by atoms with Gasteiger partial charge in [-0.15, -0.1) is 0 Å². The average molecular weight is 218 g/mol. The molecule has 0 aliphatic rings. The van der Waals surface area contributed by atoms with E-state index in [0.717, 1.165) is 6.42 Å². The molecule has 0 aromatic heterocycles. The first-order chi connectivity index (χ1) is 6.92. The highest BCUT2D eigenvalue weighted by atomic mass is 16.5. The first kappa shape index (κ1) is 14.4. The summed E-state index contributed by atoms with van der Waals surface area (Å²) in [6.07, 6.45) is 1.37. The van der Waals surface area contributed by atoms with Crippen LogP contribution in [0.2, 0.25) is 0 Å². The Morgan fingerprint density at radius 2 is 2.00 bits per heavy atom. The largest absolute Gasteiger partial charge is 0.479 e. The van der Waals surface area contributed by atoms with Crippen molar-refractivity contribution in [3.63, 3.8) is 0 Å². The Bertz CT molecular complexity index is 191. The van der Waals surface area contributed by atoms with Gasteiger partial charge in [0, 0.05) is 7.11 Å². The van der Waals surface area contributed by atoms with Crippen molar-refractivity contribution in [3.05, 3.63) is 0 Å². The smallest absolute Gasteiger partial charge is 0.335 e. The predicted molar refractivity (Wildman–Crippen MR) is 57.9 cm³/mol. The molecule has 0 aliphatic carbocycles. The molecule has 0 bridgehead atoms. The molecule has 90 valence electrons. The van der Waals surface area contributed by atoms with Gasteiger partial charge in [-0.2, -0.15) is 0 Å². The Morgan fingerprint density at radius 1 is 1.40 bits per heavy atom. The fraction of sp³-hybridized carbons (Fsp3) is 0.909. The van der Waals surface area contributed by atoms with Gasteiger partial charge in [-0.3, -0.25) is 0 Å². The Kier molecular flexibility index (Phi) is 6.52. The van der Waals surface area contributed by atoms with E-state index >= 15 is 0 Å². The predicted octanol–water partition coefficient (Wildman–Crippen LogP) is 1.93. The molecule has 0 saturated heterocycles. The molecule has 0 rings (SSSR count). The molecule has 1 atom stereocenters. The van der Waals surface area contributed by atoms with Crippen LogP contribution >= 0.6 is 0 Å². The quantitative estimate of drug-likeness (QED) is 0.632. The number of carboxylic acid groups (broad SMARTS) is 1. The second kappa shape index (κ2) is 6.80. The maximum atomic E-state index is 11.1. The zero-order valence-corrected chi connectivity index (χ0v) is 10.1. The molecular formula is C11H22O4. The Morgan fingerprint density at radius 3 is 2.40 bits per heavy atom. The third-order valence-corrected chi connectivity index (χ3v) is 2.36. The van der Waals surface area contributed by atoms with E-state index in [-0.39, 0.29) is 0 Å². The highest BCUT2D eigenvalue weighted by Crippen LogP contribution is 2.21. The van der Waals surface area contributed by atoms with E-state index in [9.17, 15) is 4.79 Å². The summed E-state index contributed by atoms with van der Waals surface area (Å²) in [5.74, 6) is -0.422. The lowest BCUT2D eigenvalue weighted by atomic mass is 9.95. The van der Waals surface area contributed by atoms with Crippen LogP contribution in [0, 0.1) is 5.92 Å². The Balaban J connectivity index is 4.13. The fourth-order valence-electron chi connectivity index (χ4n) is 1.16. The molecular weight excluding hydrogens is 196 g/mol. The van der Waals surface area contributed by atoms with Gasteiger partial charge in [0.05, 0.1) is 13.2 Å². The van der Waals surface area contributed by atoms with E-state index in [0.29, 0.717) is 25.6 Å². The van der Waals surface area contributed by atoms with Gasteiger partial charge in [0.1, 0.15) is 0 Å². The van der Waals surface area contributed by atoms with Crippen molar-refractivity contribution in [1.29, 1.82) is 0 Å². The number of methoxy groups -OCH3 is 1. The zero-order valence-electron chi connectivity index (χ0n) is 10.1. The molecule has 0 spiro atoms. The third kappa shape index (κ3) is 5.74. The molecule has 1 N–H and O–H groups in total. The van der Waals surface area contributed by atoms with E-state index in [1.807, 2.05) is 0 Å². The van der Waals surface area contributed by atoms with Crippen molar-refractivity contribution in [2.24, 2.45) is 5.92 Å². The summed E-state index contributed by atoms with van der Waals surface area (Å²) < 4.78 is 10.2. The third-order valence-electron chi connectivity index (χ3n) is 2.36. The van der Waals surface area contributed by atoms with Crippen molar-refractivity contribution >= 4 is 5.97 Å². The lowest BCUT2D eigenvalue weighted by molar-refractivity contribution is -0.166. The van der Waals surface area contributed by atoms with Crippen LogP contribution in [0.25, 0.3) is 0 Å². The molecule has 4 heteroatoms. The van der Waals surface area contributed by atoms with Gasteiger partial charge in [-0.05, 0) is 25.7 Å². The summed E-state index contributed by atoms with van der Waals surface area (Å²) in [6.45, 7) is 6.49. The van der Waals surface area contributed by atoms with Crippen molar-refractivity contribution in [2.45, 2.75) is 39.2 Å². The van der Waals surface area contributed by atoms with Crippen molar-refractivity contribution in [2.75, 3.05) is 20.3 Å².